The number of pyridine rings is 1. The van der Waals surface area contributed by atoms with E-state index in [1.165, 1.54) is 0 Å². The number of ether oxygens (including phenoxy) is 2. The predicted octanol–water partition coefficient (Wildman–Crippen LogP) is 2.39. The van der Waals surface area contributed by atoms with Gasteiger partial charge in [0.05, 0.1) is 18.5 Å². The van der Waals surface area contributed by atoms with Gasteiger partial charge in [-0.1, -0.05) is 0 Å². The molecule has 1 aromatic heterocycles. The molecule has 1 amide bonds. The Balaban J connectivity index is 2.19. The Morgan fingerprint density at radius 1 is 1.39 bits per heavy atom. The average molecular weight is 250 g/mol. The van der Waals surface area contributed by atoms with E-state index in [1.54, 1.807) is 18.1 Å². The van der Waals surface area contributed by atoms with Crippen molar-refractivity contribution in [3.8, 4) is 5.88 Å². The van der Waals surface area contributed by atoms with Crippen LogP contribution in [0.3, 0.4) is 0 Å². The predicted molar refractivity (Wildman–Crippen MR) is 68.1 cm³/mol. The van der Waals surface area contributed by atoms with Crippen molar-refractivity contribution < 1.29 is 14.3 Å². The van der Waals surface area contributed by atoms with Gasteiger partial charge in [-0.3, -0.25) is 4.90 Å². The van der Waals surface area contributed by atoms with Gasteiger partial charge in [0.15, 0.2) is 0 Å². The third-order valence-corrected chi connectivity index (χ3v) is 2.61. The van der Waals surface area contributed by atoms with E-state index in [1.807, 2.05) is 26.8 Å². The highest BCUT2D eigenvalue weighted by molar-refractivity contribution is 5.90. The lowest BCUT2D eigenvalue weighted by molar-refractivity contribution is 0.0584. The van der Waals surface area contributed by atoms with E-state index in [9.17, 15) is 4.79 Å². The molecular weight excluding hydrogens is 232 g/mol. The molecule has 0 atom stereocenters. The van der Waals surface area contributed by atoms with Crippen LogP contribution in [0.25, 0.3) is 0 Å². The van der Waals surface area contributed by atoms with Crippen molar-refractivity contribution in [3.63, 3.8) is 0 Å². The summed E-state index contributed by atoms with van der Waals surface area (Å²) >= 11 is 0. The monoisotopic (exact) mass is 250 g/mol. The molecule has 2 heterocycles. The third kappa shape index (κ3) is 2.55. The molecule has 5 nitrogen and oxygen atoms in total. The Bertz CT molecular complexity index is 466. The number of methoxy groups -OCH3 is 1. The summed E-state index contributed by atoms with van der Waals surface area (Å²) in [5.41, 5.74) is 1.20. The Morgan fingerprint density at radius 3 is 2.72 bits per heavy atom. The molecule has 0 unspecified atom stereocenters. The quantitative estimate of drug-likeness (QED) is 0.768. The van der Waals surface area contributed by atoms with Crippen LogP contribution in [0.1, 0.15) is 26.5 Å². The zero-order valence-electron chi connectivity index (χ0n) is 11.2. The molecule has 2 rings (SSSR count). The molecule has 0 aliphatic carbocycles. The van der Waals surface area contributed by atoms with Gasteiger partial charge in [0.2, 0.25) is 5.88 Å². The number of carbonyl (C=O) groups excluding carboxylic acids is 1. The molecule has 0 aromatic carbocycles. The van der Waals surface area contributed by atoms with Gasteiger partial charge in [0.25, 0.3) is 0 Å². The molecule has 1 aromatic rings. The fourth-order valence-electron chi connectivity index (χ4n) is 1.86. The molecule has 1 aliphatic rings. The maximum Gasteiger partial charge on any atom is 0.414 e. The second-order valence-electron chi connectivity index (χ2n) is 5.20. The van der Waals surface area contributed by atoms with Crippen LogP contribution in [0.15, 0.2) is 12.1 Å². The number of amides is 1. The van der Waals surface area contributed by atoms with Crippen LogP contribution in [0.4, 0.5) is 10.5 Å². The molecule has 18 heavy (non-hydrogen) atoms. The number of hydrogen-bond donors (Lipinski definition) is 0. The van der Waals surface area contributed by atoms with Crippen LogP contribution >= 0.6 is 0 Å². The van der Waals surface area contributed by atoms with Crippen LogP contribution in [-0.4, -0.2) is 30.3 Å². The fourth-order valence-corrected chi connectivity index (χ4v) is 1.86. The number of nitrogens with zero attached hydrogens (tertiary/aromatic N) is 2. The third-order valence-electron chi connectivity index (χ3n) is 2.61. The van der Waals surface area contributed by atoms with Crippen LogP contribution < -0.4 is 9.64 Å². The molecule has 1 aliphatic heterocycles. The maximum atomic E-state index is 12.0. The Labute approximate surface area is 107 Å². The van der Waals surface area contributed by atoms with Crippen molar-refractivity contribution in [2.45, 2.75) is 32.8 Å². The molecule has 0 saturated carbocycles. The van der Waals surface area contributed by atoms with Crippen molar-refractivity contribution in [1.82, 2.24) is 4.98 Å². The van der Waals surface area contributed by atoms with Gasteiger partial charge in [-0.25, -0.2) is 9.78 Å². The molecule has 0 fully saturated rings. The topological polar surface area (TPSA) is 51.7 Å². The maximum absolute atomic E-state index is 12.0. The fraction of sp³-hybridized carbons (Fsp3) is 0.538. The van der Waals surface area contributed by atoms with E-state index in [2.05, 4.69) is 4.98 Å². The minimum absolute atomic E-state index is 0.326. The summed E-state index contributed by atoms with van der Waals surface area (Å²) in [6, 6.07) is 3.60. The Morgan fingerprint density at radius 2 is 2.11 bits per heavy atom. The molecule has 0 spiro atoms. The second-order valence-corrected chi connectivity index (χ2v) is 5.20. The summed E-state index contributed by atoms with van der Waals surface area (Å²) < 4.78 is 10.4. The van der Waals surface area contributed by atoms with Crippen LogP contribution in [0, 0.1) is 0 Å². The molecule has 0 N–H and O–H groups in total. The summed E-state index contributed by atoms with van der Waals surface area (Å²) in [4.78, 5) is 18.0. The van der Waals surface area contributed by atoms with E-state index in [0.29, 0.717) is 12.4 Å². The van der Waals surface area contributed by atoms with E-state index in [0.717, 1.165) is 17.8 Å². The van der Waals surface area contributed by atoms with Gasteiger partial charge in [0.1, 0.15) is 5.60 Å². The van der Waals surface area contributed by atoms with Gasteiger partial charge in [-0.15, -0.1) is 0 Å². The zero-order valence-corrected chi connectivity index (χ0v) is 11.2. The highest BCUT2D eigenvalue weighted by Crippen LogP contribution is 2.29. The first-order valence-corrected chi connectivity index (χ1v) is 5.95. The van der Waals surface area contributed by atoms with Gasteiger partial charge >= 0.3 is 6.09 Å². The lowest BCUT2D eigenvalue weighted by Crippen LogP contribution is -2.35. The molecule has 98 valence electrons. The van der Waals surface area contributed by atoms with E-state index in [-0.39, 0.29) is 6.09 Å². The van der Waals surface area contributed by atoms with Crippen molar-refractivity contribution in [2.75, 3.05) is 18.6 Å². The number of rotatable bonds is 1. The van der Waals surface area contributed by atoms with E-state index in [4.69, 9.17) is 9.47 Å². The molecular formula is C13H18N2O3. The van der Waals surface area contributed by atoms with E-state index < -0.39 is 5.60 Å². The minimum atomic E-state index is -0.486. The number of aromatic nitrogens is 1. The van der Waals surface area contributed by atoms with E-state index >= 15 is 0 Å². The smallest absolute Gasteiger partial charge is 0.414 e. The zero-order chi connectivity index (χ0) is 13.3. The first-order chi connectivity index (χ1) is 8.40. The molecule has 0 radical (unpaired) electrons. The SMILES string of the molecule is COc1ccc2c(n1)CCN2C(=O)OC(C)(C)C. The first kappa shape index (κ1) is 12.7. The largest absolute Gasteiger partial charge is 0.481 e. The summed E-state index contributed by atoms with van der Waals surface area (Å²) in [6.45, 7) is 6.17. The van der Waals surface area contributed by atoms with Gasteiger partial charge in [-0.2, -0.15) is 0 Å². The van der Waals surface area contributed by atoms with Gasteiger partial charge < -0.3 is 9.47 Å². The van der Waals surface area contributed by atoms with Crippen LogP contribution in [0.5, 0.6) is 5.88 Å². The molecule has 5 heteroatoms. The van der Waals surface area contributed by atoms with Gasteiger partial charge in [-0.05, 0) is 26.8 Å². The number of fused-ring (bicyclic) bond motifs is 1. The van der Waals surface area contributed by atoms with Crippen LogP contribution in [-0.2, 0) is 11.2 Å². The molecule has 0 bridgehead atoms. The lowest BCUT2D eigenvalue weighted by atomic mass is 10.2. The second kappa shape index (κ2) is 4.48. The summed E-state index contributed by atoms with van der Waals surface area (Å²) in [5.74, 6) is 0.569. The number of anilines is 1. The Hall–Kier alpha value is -1.78. The highest BCUT2D eigenvalue weighted by atomic mass is 16.6. The summed E-state index contributed by atoms with van der Waals surface area (Å²) in [7, 11) is 1.58. The highest BCUT2D eigenvalue weighted by Gasteiger charge is 2.29. The minimum Gasteiger partial charge on any atom is -0.481 e. The lowest BCUT2D eigenvalue weighted by Gasteiger charge is -2.24. The Kier molecular flexibility index (Phi) is 3.15. The standard InChI is InChI=1S/C13H18N2O3/c1-13(2,3)18-12(16)15-8-7-9-10(15)5-6-11(14-9)17-4/h5-6H,7-8H2,1-4H3. The normalized spacial score (nSPS) is 14.3. The molecule has 0 saturated heterocycles. The number of carbonyl (C=O) groups is 1. The summed E-state index contributed by atoms with van der Waals surface area (Å²) in [6.07, 6.45) is 0.402. The van der Waals surface area contributed by atoms with Crippen molar-refractivity contribution in [3.05, 3.63) is 17.8 Å². The summed E-state index contributed by atoms with van der Waals surface area (Å²) in [5, 5.41) is 0. The van der Waals surface area contributed by atoms with Gasteiger partial charge in [0, 0.05) is 19.0 Å². The average Bonchev–Trinajstić information content (AvgIpc) is 2.69. The number of hydrogen-bond acceptors (Lipinski definition) is 4. The van der Waals surface area contributed by atoms with Crippen molar-refractivity contribution >= 4 is 11.8 Å². The van der Waals surface area contributed by atoms with Crippen molar-refractivity contribution in [1.29, 1.82) is 0 Å². The first-order valence-electron chi connectivity index (χ1n) is 5.95. The van der Waals surface area contributed by atoms with Crippen molar-refractivity contribution in [2.24, 2.45) is 0 Å². The van der Waals surface area contributed by atoms with Crippen LogP contribution in [0.2, 0.25) is 0 Å².